The van der Waals surface area contributed by atoms with E-state index in [1.807, 2.05) is 0 Å². The van der Waals surface area contributed by atoms with Crippen molar-refractivity contribution in [3.63, 3.8) is 0 Å². The SMILES string of the molecule is O=C(Nc1ccc([N+](=O)[O-])cc1Br)c1ccc(F)cc1. The zero-order valence-electron chi connectivity index (χ0n) is 9.97. The molecule has 0 fully saturated rings. The fourth-order valence-electron chi connectivity index (χ4n) is 1.51. The van der Waals surface area contributed by atoms with Gasteiger partial charge in [0.05, 0.1) is 10.6 Å². The molecule has 0 radical (unpaired) electrons. The summed E-state index contributed by atoms with van der Waals surface area (Å²) in [6.07, 6.45) is 0. The number of amides is 1. The summed E-state index contributed by atoms with van der Waals surface area (Å²) in [7, 11) is 0. The molecule has 0 aliphatic rings. The van der Waals surface area contributed by atoms with E-state index >= 15 is 0 Å². The zero-order chi connectivity index (χ0) is 14.7. The first-order valence-electron chi connectivity index (χ1n) is 5.48. The minimum Gasteiger partial charge on any atom is -0.321 e. The van der Waals surface area contributed by atoms with Crippen molar-refractivity contribution in [2.24, 2.45) is 0 Å². The smallest absolute Gasteiger partial charge is 0.270 e. The predicted octanol–water partition coefficient (Wildman–Crippen LogP) is 3.75. The molecular weight excluding hydrogens is 331 g/mol. The first-order chi connectivity index (χ1) is 9.47. The highest BCUT2D eigenvalue weighted by Crippen LogP contribution is 2.27. The summed E-state index contributed by atoms with van der Waals surface area (Å²) in [5, 5.41) is 13.2. The lowest BCUT2D eigenvalue weighted by atomic mass is 10.2. The number of rotatable bonds is 3. The molecule has 7 heteroatoms. The lowest BCUT2D eigenvalue weighted by molar-refractivity contribution is -0.384. The van der Waals surface area contributed by atoms with Gasteiger partial charge in [0.15, 0.2) is 0 Å². The molecule has 0 spiro atoms. The number of hydrogen-bond acceptors (Lipinski definition) is 3. The van der Waals surface area contributed by atoms with Crippen LogP contribution in [0.5, 0.6) is 0 Å². The highest BCUT2D eigenvalue weighted by Gasteiger charge is 2.12. The summed E-state index contributed by atoms with van der Waals surface area (Å²) >= 11 is 3.15. The normalized spacial score (nSPS) is 10.1. The van der Waals surface area contributed by atoms with Gasteiger partial charge in [0, 0.05) is 22.2 Å². The van der Waals surface area contributed by atoms with Gasteiger partial charge in [0.25, 0.3) is 11.6 Å². The van der Waals surface area contributed by atoms with Gasteiger partial charge in [-0.25, -0.2) is 4.39 Å². The van der Waals surface area contributed by atoms with Gasteiger partial charge in [0.1, 0.15) is 5.82 Å². The van der Waals surface area contributed by atoms with Crippen LogP contribution in [0.25, 0.3) is 0 Å². The van der Waals surface area contributed by atoms with Crippen molar-refractivity contribution in [3.8, 4) is 0 Å². The molecule has 102 valence electrons. The van der Waals surface area contributed by atoms with E-state index in [-0.39, 0.29) is 11.3 Å². The molecule has 0 saturated carbocycles. The number of nitrogens with one attached hydrogen (secondary N) is 1. The van der Waals surface area contributed by atoms with Crippen LogP contribution in [0.2, 0.25) is 0 Å². The minimum absolute atomic E-state index is 0.0864. The predicted molar refractivity (Wildman–Crippen MR) is 75.1 cm³/mol. The first-order valence-corrected chi connectivity index (χ1v) is 6.27. The molecule has 20 heavy (non-hydrogen) atoms. The number of halogens is 2. The fourth-order valence-corrected chi connectivity index (χ4v) is 1.98. The average molecular weight is 339 g/mol. The Hall–Kier alpha value is -2.28. The van der Waals surface area contributed by atoms with E-state index in [9.17, 15) is 19.3 Å². The molecule has 0 aliphatic heterocycles. The molecule has 2 aromatic rings. The molecule has 0 aliphatic carbocycles. The Morgan fingerprint density at radius 1 is 1.20 bits per heavy atom. The second-order valence-electron chi connectivity index (χ2n) is 3.88. The van der Waals surface area contributed by atoms with Gasteiger partial charge in [-0.05, 0) is 46.3 Å². The monoisotopic (exact) mass is 338 g/mol. The van der Waals surface area contributed by atoms with Crippen LogP contribution >= 0.6 is 15.9 Å². The van der Waals surface area contributed by atoms with E-state index in [1.165, 1.54) is 42.5 Å². The summed E-state index contributed by atoms with van der Waals surface area (Å²) in [5.74, 6) is -0.863. The molecule has 2 aromatic carbocycles. The standard InChI is InChI=1S/C13H8BrFN2O3/c14-11-7-10(17(19)20)5-6-12(11)16-13(18)8-1-3-9(15)4-2-8/h1-7H,(H,16,18). The van der Waals surface area contributed by atoms with Crippen molar-refractivity contribution >= 4 is 33.2 Å². The number of nitrogens with zero attached hydrogens (tertiary/aromatic N) is 1. The number of carbonyl (C=O) groups is 1. The topological polar surface area (TPSA) is 72.2 Å². The van der Waals surface area contributed by atoms with Crippen LogP contribution in [-0.4, -0.2) is 10.8 Å². The van der Waals surface area contributed by atoms with Crippen LogP contribution < -0.4 is 5.32 Å². The maximum absolute atomic E-state index is 12.8. The number of benzene rings is 2. The fraction of sp³-hybridized carbons (Fsp3) is 0. The van der Waals surface area contributed by atoms with E-state index < -0.39 is 16.6 Å². The van der Waals surface area contributed by atoms with Gasteiger partial charge in [0.2, 0.25) is 0 Å². The van der Waals surface area contributed by atoms with Crippen molar-refractivity contribution in [1.82, 2.24) is 0 Å². The Balaban J connectivity index is 2.19. The van der Waals surface area contributed by atoms with Crippen LogP contribution in [-0.2, 0) is 0 Å². The van der Waals surface area contributed by atoms with Crippen molar-refractivity contribution in [2.45, 2.75) is 0 Å². The Morgan fingerprint density at radius 3 is 2.40 bits per heavy atom. The number of nitro benzene ring substituents is 1. The largest absolute Gasteiger partial charge is 0.321 e. The number of hydrogen-bond donors (Lipinski definition) is 1. The minimum atomic E-state index is -0.531. The molecule has 0 heterocycles. The Labute approximate surface area is 121 Å². The molecule has 1 N–H and O–H groups in total. The number of carbonyl (C=O) groups excluding carboxylic acids is 1. The molecule has 0 aromatic heterocycles. The maximum Gasteiger partial charge on any atom is 0.270 e. The third-order valence-corrected chi connectivity index (χ3v) is 3.17. The van der Waals surface area contributed by atoms with Crippen LogP contribution in [0.15, 0.2) is 46.9 Å². The molecular formula is C13H8BrFN2O3. The van der Waals surface area contributed by atoms with Gasteiger partial charge in [-0.1, -0.05) is 0 Å². The third-order valence-electron chi connectivity index (χ3n) is 2.52. The number of nitro groups is 1. The van der Waals surface area contributed by atoms with Crippen LogP contribution in [0.3, 0.4) is 0 Å². The maximum atomic E-state index is 12.8. The van der Waals surface area contributed by atoms with E-state index in [0.717, 1.165) is 0 Å². The lowest BCUT2D eigenvalue weighted by Gasteiger charge is -2.07. The second-order valence-corrected chi connectivity index (χ2v) is 4.74. The van der Waals surface area contributed by atoms with E-state index in [4.69, 9.17) is 0 Å². The highest BCUT2D eigenvalue weighted by atomic mass is 79.9. The number of anilines is 1. The van der Waals surface area contributed by atoms with E-state index in [1.54, 1.807) is 0 Å². The molecule has 0 atom stereocenters. The molecule has 0 bridgehead atoms. The summed E-state index contributed by atoms with van der Waals surface area (Å²) in [6, 6.07) is 9.06. The van der Waals surface area contributed by atoms with Gasteiger partial charge >= 0.3 is 0 Å². The molecule has 0 unspecified atom stereocenters. The molecule has 1 amide bonds. The summed E-state index contributed by atoms with van der Waals surface area (Å²) in [5.41, 5.74) is 0.596. The van der Waals surface area contributed by atoms with Gasteiger partial charge < -0.3 is 5.32 Å². The van der Waals surface area contributed by atoms with Crippen molar-refractivity contribution in [3.05, 3.63) is 68.4 Å². The van der Waals surface area contributed by atoms with Crippen LogP contribution in [0.1, 0.15) is 10.4 Å². The van der Waals surface area contributed by atoms with E-state index in [2.05, 4.69) is 21.2 Å². The molecule has 5 nitrogen and oxygen atoms in total. The summed E-state index contributed by atoms with van der Waals surface area (Å²) in [6.45, 7) is 0. The zero-order valence-corrected chi connectivity index (χ0v) is 11.6. The molecule has 0 saturated heterocycles. The third kappa shape index (κ3) is 3.18. The van der Waals surface area contributed by atoms with Crippen LogP contribution in [0, 0.1) is 15.9 Å². The average Bonchev–Trinajstić information content (AvgIpc) is 2.41. The quantitative estimate of drug-likeness (QED) is 0.684. The van der Waals surface area contributed by atoms with Crippen molar-refractivity contribution in [1.29, 1.82) is 0 Å². The van der Waals surface area contributed by atoms with Gasteiger partial charge in [-0.15, -0.1) is 0 Å². The number of non-ortho nitro benzene ring substituents is 1. The van der Waals surface area contributed by atoms with E-state index in [0.29, 0.717) is 10.2 Å². The first kappa shape index (κ1) is 14.1. The van der Waals surface area contributed by atoms with Gasteiger partial charge in [-0.2, -0.15) is 0 Å². The molecule has 2 rings (SSSR count). The van der Waals surface area contributed by atoms with Crippen molar-refractivity contribution in [2.75, 3.05) is 5.32 Å². The summed E-state index contributed by atoms with van der Waals surface area (Å²) in [4.78, 5) is 22.0. The van der Waals surface area contributed by atoms with Gasteiger partial charge in [-0.3, -0.25) is 14.9 Å². The lowest BCUT2D eigenvalue weighted by Crippen LogP contribution is -2.12. The Bertz CT molecular complexity index is 674. The Kier molecular flexibility index (Phi) is 4.09. The summed E-state index contributed by atoms with van der Waals surface area (Å²) < 4.78 is 13.1. The highest BCUT2D eigenvalue weighted by molar-refractivity contribution is 9.10. The second kappa shape index (κ2) is 5.79. The van der Waals surface area contributed by atoms with Crippen molar-refractivity contribution < 1.29 is 14.1 Å². The van der Waals surface area contributed by atoms with Crippen LogP contribution in [0.4, 0.5) is 15.8 Å². The Morgan fingerprint density at radius 2 is 1.85 bits per heavy atom.